The van der Waals surface area contributed by atoms with E-state index in [2.05, 4.69) is 10.4 Å². The Morgan fingerprint density at radius 2 is 2.24 bits per heavy atom. The number of urea groups is 1. The molecule has 0 aliphatic carbocycles. The molecule has 21 heavy (non-hydrogen) atoms. The van der Waals surface area contributed by atoms with E-state index in [1.54, 1.807) is 10.9 Å². The van der Waals surface area contributed by atoms with Crippen LogP contribution < -0.4 is 5.32 Å². The number of nitrogens with one attached hydrogen (secondary N) is 1. The third kappa shape index (κ3) is 4.21. The maximum Gasteiger partial charge on any atom is 0.326 e. The standard InChI is InChI=1S/C14H22N4O3/c1-11-9-16-17(10-11)8-6-15-14(21)18-7-4-2-3-5-12(18)13(19)20/h9-10,12H,2-8H2,1H3,(H,15,21)(H,19,20). The molecule has 1 aromatic heterocycles. The number of hydrogen-bond donors (Lipinski definition) is 2. The molecule has 2 heterocycles. The van der Waals surface area contributed by atoms with Gasteiger partial charge in [-0.25, -0.2) is 9.59 Å². The average Bonchev–Trinajstić information content (AvgIpc) is 2.72. The second-order valence-electron chi connectivity index (χ2n) is 5.41. The Hall–Kier alpha value is -2.05. The lowest BCUT2D eigenvalue weighted by Crippen LogP contribution is -2.49. The van der Waals surface area contributed by atoms with Gasteiger partial charge in [0.1, 0.15) is 6.04 Å². The summed E-state index contributed by atoms with van der Waals surface area (Å²) in [4.78, 5) is 24.9. The summed E-state index contributed by atoms with van der Waals surface area (Å²) in [5.74, 6) is -0.922. The minimum Gasteiger partial charge on any atom is -0.480 e. The second kappa shape index (κ2) is 7.10. The monoisotopic (exact) mass is 294 g/mol. The number of aryl methyl sites for hydroxylation is 1. The predicted molar refractivity (Wildman–Crippen MR) is 77.0 cm³/mol. The number of likely N-dealkylation sites (tertiary alicyclic amines) is 1. The molecule has 1 aliphatic heterocycles. The van der Waals surface area contributed by atoms with Crippen molar-refractivity contribution in [2.24, 2.45) is 0 Å². The summed E-state index contributed by atoms with van der Waals surface area (Å²) in [5, 5.41) is 16.2. The minimum atomic E-state index is -0.922. The highest BCUT2D eigenvalue weighted by molar-refractivity contribution is 5.82. The van der Waals surface area contributed by atoms with Crippen LogP contribution in [0.25, 0.3) is 0 Å². The first-order valence-corrected chi connectivity index (χ1v) is 7.34. The van der Waals surface area contributed by atoms with Gasteiger partial charge in [-0.15, -0.1) is 0 Å². The molecule has 0 aromatic carbocycles. The SMILES string of the molecule is Cc1cnn(CCNC(=O)N2CCCCCC2C(=O)O)c1. The van der Waals surface area contributed by atoms with E-state index >= 15 is 0 Å². The zero-order valence-corrected chi connectivity index (χ0v) is 12.3. The fourth-order valence-corrected chi connectivity index (χ4v) is 2.58. The van der Waals surface area contributed by atoms with Crippen LogP contribution in [0.3, 0.4) is 0 Å². The molecule has 2 N–H and O–H groups in total. The highest BCUT2D eigenvalue weighted by Gasteiger charge is 2.30. The molecule has 116 valence electrons. The maximum absolute atomic E-state index is 12.2. The number of carbonyl (C=O) groups excluding carboxylic acids is 1. The molecule has 2 amide bonds. The molecule has 1 saturated heterocycles. The van der Waals surface area contributed by atoms with Crippen LogP contribution in [0.4, 0.5) is 4.79 Å². The first-order valence-electron chi connectivity index (χ1n) is 7.34. The molecular formula is C14H22N4O3. The highest BCUT2D eigenvalue weighted by Crippen LogP contribution is 2.17. The number of hydrogen-bond acceptors (Lipinski definition) is 3. The zero-order chi connectivity index (χ0) is 15.2. The van der Waals surface area contributed by atoms with Crippen molar-refractivity contribution in [1.82, 2.24) is 20.0 Å². The van der Waals surface area contributed by atoms with E-state index in [0.717, 1.165) is 24.8 Å². The number of carbonyl (C=O) groups is 2. The van der Waals surface area contributed by atoms with E-state index in [-0.39, 0.29) is 6.03 Å². The fourth-order valence-electron chi connectivity index (χ4n) is 2.58. The lowest BCUT2D eigenvalue weighted by Gasteiger charge is -2.27. The zero-order valence-electron chi connectivity index (χ0n) is 12.3. The second-order valence-corrected chi connectivity index (χ2v) is 5.41. The Morgan fingerprint density at radius 1 is 1.43 bits per heavy atom. The first-order chi connectivity index (χ1) is 10.1. The van der Waals surface area contributed by atoms with Crippen molar-refractivity contribution in [3.05, 3.63) is 18.0 Å². The Morgan fingerprint density at radius 3 is 2.90 bits per heavy atom. The minimum absolute atomic E-state index is 0.298. The van der Waals surface area contributed by atoms with Crippen LogP contribution in [-0.4, -0.2) is 50.9 Å². The van der Waals surface area contributed by atoms with E-state index in [1.165, 1.54) is 4.90 Å². The molecule has 1 aromatic rings. The Labute approximate surface area is 123 Å². The van der Waals surface area contributed by atoms with Crippen LogP contribution in [-0.2, 0) is 11.3 Å². The van der Waals surface area contributed by atoms with Crippen LogP contribution >= 0.6 is 0 Å². The van der Waals surface area contributed by atoms with Gasteiger partial charge in [0.15, 0.2) is 0 Å². The van der Waals surface area contributed by atoms with Crippen LogP contribution in [0.5, 0.6) is 0 Å². The van der Waals surface area contributed by atoms with Crippen molar-refractivity contribution < 1.29 is 14.7 Å². The van der Waals surface area contributed by atoms with Crippen molar-refractivity contribution in [2.75, 3.05) is 13.1 Å². The number of aromatic nitrogens is 2. The van der Waals surface area contributed by atoms with E-state index < -0.39 is 12.0 Å². The van der Waals surface area contributed by atoms with Gasteiger partial charge in [0.2, 0.25) is 0 Å². The van der Waals surface area contributed by atoms with Gasteiger partial charge in [-0.05, 0) is 25.3 Å². The molecule has 1 aliphatic rings. The van der Waals surface area contributed by atoms with Crippen LogP contribution in [0.15, 0.2) is 12.4 Å². The number of amides is 2. The van der Waals surface area contributed by atoms with Gasteiger partial charge < -0.3 is 15.3 Å². The molecule has 7 heteroatoms. The van der Waals surface area contributed by atoms with Gasteiger partial charge in [-0.1, -0.05) is 12.8 Å². The lowest BCUT2D eigenvalue weighted by atomic mass is 10.1. The molecule has 7 nitrogen and oxygen atoms in total. The summed E-state index contributed by atoms with van der Waals surface area (Å²) in [5.41, 5.74) is 1.07. The number of aliphatic carboxylic acids is 1. The quantitative estimate of drug-likeness (QED) is 0.874. The van der Waals surface area contributed by atoms with Crippen LogP contribution in [0.1, 0.15) is 31.2 Å². The van der Waals surface area contributed by atoms with Crippen LogP contribution in [0, 0.1) is 6.92 Å². The lowest BCUT2D eigenvalue weighted by molar-refractivity contribution is -0.142. The van der Waals surface area contributed by atoms with E-state index in [4.69, 9.17) is 0 Å². The average molecular weight is 294 g/mol. The van der Waals surface area contributed by atoms with Crippen molar-refractivity contribution >= 4 is 12.0 Å². The van der Waals surface area contributed by atoms with Gasteiger partial charge in [0.05, 0.1) is 12.7 Å². The van der Waals surface area contributed by atoms with Crippen molar-refractivity contribution in [3.8, 4) is 0 Å². The maximum atomic E-state index is 12.2. The van der Waals surface area contributed by atoms with Crippen molar-refractivity contribution in [1.29, 1.82) is 0 Å². The summed E-state index contributed by atoms with van der Waals surface area (Å²) >= 11 is 0. The largest absolute Gasteiger partial charge is 0.480 e. The molecule has 1 unspecified atom stereocenters. The summed E-state index contributed by atoms with van der Waals surface area (Å²) in [6.45, 7) is 3.47. The topological polar surface area (TPSA) is 87.5 Å². The summed E-state index contributed by atoms with van der Waals surface area (Å²) < 4.78 is 1.76. The predicted octanol–water partition coefficient (Wildman–Crippen LogP) is 1.23. The van der Waals surface area contributed by atoms with E-state index in [9.17, 15) is 14.7 Å². The van der Waals surface area contributed by atoms with Gasteiger partial charge >= 0.3 is 12.0 Å². The third-order valence-corrected chi connectivity index (χ3v) is 3.68. The van der Waals surface area contributed by atoms with Crippen molar-refractivity contribution in [2.45, 2.75) is 45.2 Å². The number of rotatable bonds is 4. The number of carboxylic acids is 1. The molecule has 0 radical (unpaired) electrons. The van der Waals surface area contributed by atoms with Gasteiger partial charge in [0.25, 0.3) is 0 Å². The summed E-state index contributed by atoms with van der Waals surface area (Å²) in [6, 6.07) is -1.01. The molecule has 0 saturated carbocycles. The smallest absolute Gasteiger partial charge is 0.326 e. The molecule has 1 atom stereocenters. The summed E-state index contributed by atoms with van der Waals surface area (Å²) in [6.07, 6.45) is 6.87. The molecule has 2 rings (SSSR count). The Bertz CT molecular complexity index is 500. The molecular weight excluding hydrogens is 272 g/mol. The fraction of sp³-hybridized carbons (Fsp3) is 0.643. The van der Waals surface area contributed by atoms with Gasteiger partial charge in [-0.3, -0.25) is 4.68 Å². The third-order valence-electron chi connectivity index (χ3n) is 3.68. The van der Waals surface area contributed by atoms with E-state index in [0.29, 0.717) is 26.1 Å². The normalized spacial score (nSPS) is 19.1. The number of nitrogens with zero attached hydrogens (tertiary/aromatic N) is 3. The molecule has 0 bridgehead atoms. The summed E-state index contributed by atoms with van der Waals surface area (Å²) in [7, 11) is 0. The van der Waals surface area contributed by atoms with Crippen LogP contribution in [0.2, 0.25) is 0 Å². The van der Waals surface area contributed by atoms with E-state index in [1.807, 2.05) is 13.1 Å². The first kappa shape index (κ1) is 15.3. The molecule has 1 fully saturated rings. The number of carboxylic acid groups (broad SMARTS) is 1. The van der Waals surface area contributed by atoms with Crippen molar-refractivity contribution in [3.63, 3.8) is 0 Å². The van der Waals surface area contributed by atoms with Gasteiger partial charge in [-0.2, -0.15) is 5.10 Å². The molecule has 0 spiro atoms. The van der Waals surface area contributed by atoms with Gasteiger partial charge in [0, 0.05) is 19.3 Å². The highest BCUT2D eigenvalue weighted by atomic mass is 16.4. The Kier molecular flexibility index (Phi) is 5.19. The Balaban J connectivity index is 1.86.